The van der Waals surface area contributed by atoms with Gasteiger partial charge in [-0.15, -0.1) is 4.40 Å². The molecule has 0 unspecified atom stereocenters. The molecule has 2 aromatic heterocycles. The Labute approximate surface area is 143 Å². The molecule has 0 amide bonds. The van der Waals surface area contributed by atoms with E-state index < -0.39 is 16.2 Å². The van der Waals surface area contributed by atoms with E-state index in [0.717, 1.165) is 10.5 Å². The summed E-state index contributed by atoms with van der Waals surface area (Å²) in [5, 5.41) is 3.71. The lowest BCUT2D eigenvalue weighted by atomic mass is 10.2. The molecule has 0 fully saturated rings. The van der Waals surface area contributed by atoms with Gasteiger partial charge in [0.15, 0.2) is 11.6 Å². The number of aromatic nitrogens is 2. The number of esters is 1. The fourth-order valence-electron chi connectivity index (χ4n) is 2.07. The quantitative estimate of drug-likeness (QED) is 0.724. The first-order valence-corrected chi connectivity index (χ1v) is 8.64. The zero-order valence-electron chi connectivity index (χ0n) is 13.4. The molecule has 0 atom stereocenters. The standard InChI is InChI=1S/C14H14N4O6S/c1-3-22-14(19)10-7-18(25(20,21)17-9(10)2)8-12-15-13(24-16-12)11-5-4-6-23-11/h4-7H,3,8H2,1-2H3. The van der Waals surface area contributed by atoms with E-state index in [9.17, 15) is 13.2 Å². The third kappa shape index (κ3) is 3.45. The van der Waals surface area contributed by atoms with Crippen LogP contribution in [0.4, 0.5) is 0 Å². The fraction of sp³-hybridized carbons (Fsp3) is 0.286. The second-order valence-corrected chi connectivity index (χ2v) is 6.50. The number of nitrogens with zero attached hydrogens (tertiary/aromatic N) is 4. The van der Waals surface area contributed by atoms with E-state index in [-0.39, 0.29) is 36.2 Å². The summed E-state index contributed by atoms with van der Waals surface area (Å²) < 4.78 is 43.9. The van der Waals surface area contributed by atoms with Gasteiger partial charge in [-0.1, -0.05) is 5.16 Å². The van der Waals surface area contributed by atoms with Gasteiger partial charge in [-0.25, -0.2) is 4.79 Å². The Morgan fingerprint density at radius 2 is 2.20 bits per heavy atom. The first-order chi connectivity index (χ1) is 11.9. The molecule has 3 heterocycles. The minimum Gasteiger partial charge on any atom is -0.462 e. The minimum absolute atomic E-state index is 0.0476. The Morgan fingerprint density at radius 1 is 1.40 bits per heavy atom. The van der Waals surface area contributed by atoms with Crippen molar-refractivity contribution in [3.8, 4) is 11.7 Å². The highest BCUT2D eigenvalue weighted by atomic mass is 32.2. The topological polar surface area (TPSA) is 128 Å². The number of carbonyl (C=O) groups is 1. The van der Waals surface area contributed by atoms with Crippen molar-refractivity contribution in [2.75, 3.05) is 6.61 Å². The molecule has 1 aliphatic rings. The molecule has 0 aromatic carbocycles. The molecule has 132 valence electrons. The van der Waals surface area contributed by atoms with Gasteiger partial charge in [0.05, 0.1) is 30.7 Å². The van der Waals surface area contributed by atoms with E-state index in [1.807, 2.05) is 0 Å². The molecule has 11 heteroatoms. The van der Waals surface area contributed by atoms with Crippen molar-refractivity contribution in [2.24, 2.45) is 4.40 Å². The van der Waals surface area contributed by atoms with E-state index >= 15 is 0 Å². The maximum absolute atomic E-state index is 12.2. The van der Waals surface area contributed by atoms with Gasteiger partial charge in [-0.2, -0.15) is 13.4 Å². The molecule has 0 aliphatic carbocycles. The van der Waals surface area contributed by atoms with Gasteiger partial charge in [0, 0.05) is 6.20 Å². The van der Waals surface area contributed by atoms with Gasteiger partial charge in [-0.3, -0.25) is 4.31 Å². The summed E-state index contributed by atoms with van der Waals surface area (Å²) in [6.07, 6.45) is 2.60. The first kappa shape index (κ1) is 16.9. The van der Waals surface area contributed by atoms with Gasteiger partial charge in [-0.05, 0) is 26.0 Å². The van der Waals surface area contributed by atoms with Crippen LogP contribution in [0.5, 0.6) is 0 Å². The second-order valence-electron chi connectivity index (χ2n) is 4.96. The average molecular weight is 366 g/mol. The van der Waals surface area contributed by atoms with Gasteiger partial charge < -0.3 is 13.7 Å². The molecular formula is C14H14N4O6S. The molecule has 25 heavy (non-hydrogen) atoms. The largest absolute Gasteiger partial charge is 0.462 e. The lowest BCUT2D eigenvalue weighted by molar-refractivity contribution is -0.137. The molecule has 0 saturated heterocycles. The van der Waals surface area contributed by atoms with Crippen molar-refractivity contribution in [2.45, 2.75) is 20.4 Å². The first-order valence-electron chi connectivity index (χ1n) is 7.25. The summed E-state index contributed by atoms with van der Waals surface area (Å²) >= 11 is 0. The Kier molecular flexibility index (Phi) is 4.40. The zero-order valence-corrected chi connectivity index (χ0v) is 14.2. The number of hydrogen-bond donors (Lipinski definition) is 0. The van der Waals surface area contributed by atoms with E-state index in [4.69, 9.17) is 13.7 Å². The van der Waals surface area contributed by atoms with Crippen LogP contribution in [0.1, 0.15) is 19.7 Å². The summed E-state index contributed by atoms with van der Waals surface area (Å²) in [6, 6.07) is 3.28. The van der Waals surface area contributed by atoms with E-state index in [1.54, 1.807) is 19.1 Å². The maximum Gasteiger partial charge on any atom is 0.344 e. The van der Waals surface area contributed by atoms with Gasteiger partial charge in [0.25, 0.3) is 5.89 Å². The molecule has 0 N–H and O–H groups in total. The SMILES string of the molecule is CCOC(=O)C1=CN(Cc2noc(-c3ccco3)n2)S(=O)(=O)N=C1C. The molecule has 0 radical (unpaired) electrons. The Hall–Kier alpha value is -2.95. The number of furan rings is 1. The van der Waals surface area contributed by atoms with Crippen molar-refractivity contribution in [3.05, 3.63) is 36.0 Å². The molecule has 1 aliphatic heterocycles. The van der Waals surface area contributed by atoms with Crippen LogP contribution in [0.3, 0.4) is 0 Å². The highest BCUT2D eigenvalue weighted by Crippen LogP contribution is 2.21. The van der Waals surface area contributed by atoms with Crippen LogP contribution in [0.2, 0.25) is 0 Å². The smallest absolute Gasteiger partial charge is 0.344 e. The number of carbonyl (C=O) groups excluding carboxylic acids is 1. The van der Waals surface area contributed by atoms with Crippen molar-refractivity contribution in [1.82, 2.24) is 14.4 Å². The minimum atomic E-state index is -4.00. The third-order valence-corrected chi connectivity index (χ3v) is 4.54. The van der Waals surface area contributed by atoms with Crippen molar-refractivity contribution < 1.29 is 26.9 Å². The Bertz CT molecular complexity index is 942. The van der Waals surface area contributed by atoms with E-state index in [0.29, 0.717) is 5.76 Å². The molecule has 3 rings (SSSR count). The predicted molar refractivity (Wildman–Crippen MR) is 84.3 cm³/mol. The summed E-state index contributed by atoms with van der Waals surface area (Å²) in [6.45, 7) is 2.97. The third-order valence-electron chi connectivity index (χ3n) is 3.20. The van der Waals surface area contributed by atoms with Crippen molar-refractivity contribution >= 4 is 21.9 Å². The lowest BCUT2D eigenvalue weighted by Gasteiger charge is -2.21. The normalized spacial score (nSPS) is 16.3. The van der Waals surface area contributed by atoms with Crippen molar-refractivity contribution in [1.29, 1.82) is 0 Å². The number of hydrogen-bond acceptors (Lipinski definition) is 8. The summed E-state index contributed by atoms with van der Waals surface area (Å²) in [4.78, 5) is 16.0. The number of rotatable bonds is 5. The summed E-state index contributed by atoms with van der Waals surface area (Å²) in [5.41, 5.74) is 0.102. The van der Waals surface area contributed by atoms with Gasteiger partial charge >= 0.3 is 16.2 Å². The predicted octanol–water partition coefficient (Wildman–Crippen LogP) is 1.30. The lowest BCUT2D eigenvalue weighted by Crippen LogP contribution is -2.32. The van der Waals surface area contributed by atoms with Gasteiger partial charge in [0.2, 0.25) is 0 Å². The van der Waals surface area contributed by atoms with Crippen LogP contribution in [0.15, 0.2) is 43.5 Å². The zero-order chi connectivity index (χ0) is 18.0. The summed E-state index contributed by atoms with van der Waals surface area (Å²) in [5.74, 6) is -0.0993. The molecule has 0 bridgehead atoms. The van der Waals surface area contributed by atoms with Crippen LogP contribution in [-0.4, -0.2) is 41.2 Å². The molecule has 0 spiro atoms. The van der Waals surface area contributed by atoms with Crippen LogP contribution >= 0.6 is 0 Å². The fourth-order valence-corrected chi connectivity index (χ4v) is 3.14. The molecule has 0 saturated carbocycles. The van der Waals surface area contributed by atoms with Gasteiger partial charge in [0.1, 0.15) is 0 Å². The van der Waals surface area contributed by atoms with Crippen LogP contribution < -0.4 is 0 Å². The maximum atomic E-state index is 12.2. The Morgan fingerprint density at radius 3 is 2.88 bits per heavy atom. The summed E-state index contributed by atoms with van der Waals surface area (Å²) in [7, 11) is -4.00. The highest BCUT2D eigenvalue weighted by Gasteiger charge is 2.30. The van der Waals surface area contributed by atoms with Crippen molar-refractivity contribution in [3.63, 3.8) is 0 Å². The number of ether oxygens (including phenoxy) is 1. The second kappa shape index (κ2) is 6.51. The molecule has 10 nitrogen and oxygen atoms in total. The average Bonchev–Trinajstić information content (AvgIpc) is 3.20. The van der Waals surface area contributed by atoms with E-state index in [1.165, 1.54) is 13.2 Å². The van der Waals surface area contributed by atoms with Crippen LogP contribution in [-0.2, 0) is 26.3 Å². The van der Waals surface area contributed by atoms with Crippen LogP contribution in [0.25, 0.3) is 11.7 Å². The monoisotopic (exact) mass is 366 g/mol. The van der Waals surface area contributed by atoms with Crippen LogP contribution in [0, 0.1) is 0 Å². The molecular weight excluding hydrogens is 352 g/mol. The Balaban J connectivity index is 1.86. The molecule has 2 aromatic rings. The highest BCUT2D eigenvalue weighted by molar-refractivity contribution is 7.88. The van der Waals surface area contributed by atoms with E-state index in [2.05, 4.69) is 14.5 Å².